The quantitative estimate of drug-likeness (QED) is 0.684. The van der Waals surface area contributed by atoms with Gasteiger partial charge in [-0.25, -0.2) is 0 Å². The van der Waals surface area contributed by atoms with Gasteiger partial charge in [-0.15, -0.1) is 0 Å². The Hall–Kier alpha value is -0.778. The molecule has 12 heavy (non-hydrogen) atoms. The second-order valence-corrected chi connectivity index (χ2v) is 5.59. The van der Waals surface area contributed by atoms with Crippen LogP contribution in [0.3, 0.4) is 0 Å². The summed E-state index contributed by atoms with van der Waals surface area (Å²) in [7, 11) is 0. The first kappa shape index (κ1) is 9.31. The summed E-state index contributed by atoms with van der Waals surface area (Å²) in [6.45, 7) is 0. The van der Waals surface area contributed by atoms with E-state index in [4.69, 9.17) is 0 Å². The topological polar surface area (TPSA) is 29.1 Å². The van der Waals surface area contributed by atoms with E-state index in [1.54, 1.807) is 0 Å². The Kier molecular flexibility index (Phi) is 3.34. The van der Waals surface area contributed by atoms with Crippen molar-refractivity contribution in [1.82, 2.24) is 4.30 Å². The van der Waals surface area contributed by atoms with E-state index in [1.165, 1.54) is 0 Å². The molecule has 0 aliphatic rings. The van der Waals surface area contributed by atoms with Crippen LogP contribution in [0.2, 0.25) is 11.6 Å². The van der Waals surface area contributed by atoms with Gasteiger partial charge in [0, 0.05) is 5.56 Å². The van der Waals surface area contributed by atoms with Crippen LogP contribution in [0.15, 0.2) is 30.3 Å². The maximum atomic E-state index is 11.4. The lowest BCUT2D eigenvalue weighted by Crippen LogP contribution is -2.33. The number of carbonyl (C=O) groups excluding carboxylic acids is 1. The molecular formula is C9H12AlNO. The fraction of sp³-hybridized carbons (Fsp3) is 0.222. The summed E-state index contributed by atoms with van der Waals surface area (Å²) >= 11 is -0.998. The van der Waals surface area contributed by atoms with Crippen LogP contribution in [0.5, 0.6) is 0 Å². The molecule has 0 fully saturated rings. The molecule has 1 rings (SSSR count). The van der Waals surface area contributed by atoms with Crippen LogP contribution in [-0.2, 0) is 0 Å². The summed E-state index contributed by atoms with van der Waals surface area (Å²) in [5.74, 6) is 4.22. The Morgan fingerprint density at radius 2 is 1.83 bits per heavy atom. The van der Waals surface area contributed by atoms with Crippen molar-refractivity contribution in [1.29, 1.82) is 0 Å². The van der Waals surface area contributed by atoms with Gasteiger partial charge in [0.25, 0.3) is 0 Å². The molecule has 0 aliphatic carbocycles. The molecule has 0 saturated heterocycles. The average Bonchev–Trinajstić information content (AvgIpc) is 2.05. The minimum Gasteiger partial charge on any atom is -0.442 e. The minimum absolute atomic E-state index is 0.0530. The van der Waals surface area contributed by atoms with Crippen molar-refractivity contribution >= 4 is 20.3 Å². The van der Waals surface area contributed by atoms with E-state index in [9.17, 15) is 4.79 Å². The van der Waals surface area contributed by atoms with Crippen molar-refractivity contribution in [2.45, 2.75) is 11.6 Å². The van der Waals surface area contributed by atoms with E-state index in [2.05, 4.69) is 15.9 Å². The Balaban J connectivity index is 2.66. The van der Waals surface area contributed by atoms with Crippen LogP contribution < -0.4 is 4.30 Å². The standard InChI is InChI=1S/C7H7NO.2CH3.Al/c8-7(9)6-4-2-1-3-5-6;;;/h1-5H,(H2,8,9);2*1H3;/q;;;+1/p-1. The Bertz CT molecular complexity index is 258. The largest absolute Gasteiger partial charge is 0.442 e. The van der Waals surface area contributed by atoms with Crippen molar-refractivity contribution in [2.75, 3.05) is 0 Å². The highest BCUT2D eigenvalue weighted by atomic mass is 27.2. The molecule has 1 N–H and O–H groups in total. The molecule has 0 heterocycles. The molecule has 1 amide bonds. The van der Waals surface area contributed by atoms with E-state index >= 15 is 0 Å². The summed E-state index contributed by atoms with van der Waals surface area (Å²) in [5, 5.41) is 0. The van der Waals surface area contributed by atoms with Gasteiger partial charge in [0.15, 0.2) is 0 Å². The summed E-state index contributed by atoms with van der Waals surface area (Å²) < 4.78 is 2.96. The van der Waals surface area contributed by atoms with Gasteiger partial charge in [-0.05, 0) is 12.1 Å². The van der Waals surface area contributed by atoms with Gasteiger partial charge in [0.2, 0.25) is 5.91 Å². The summed E-state index contributed by atoms with van der Waals surface area (Å²) in [6, 6.07) is 9.30. The molecular weight excluding hydrogens is 165 g/mol. The predicted octanol–water partition coefficient (Wildman–Crippen LogP) is 1.67. The average molecular weight is 177 g/mol. The molecule has 62 valence electrons. The lowest BCUT2D eigenvalue weighted by atomic mass is 10.2. The van der Waals surface area contributed by atoms with Crippen LogP contribution in [-0.4, -0.2) is 20.3 Å². The van der Waals surface area contributed by atoms with Crippen LogP contribution >= 0.6 is 0 Å². The molecule has 0 unspecified atom stereocenters. The fourth-order valence-electron chi connectivity index (χ4n) is 0.935. The Labute approximate surface area is 77.2 Å². The highest BCUT2D eigenvalue weighted by molar-refractivity contribution is 6.56. The molecule has 1 aromatic carbocycles. The van der Waals surface area contributed by atoms with Crippen molar-refractivity contribution in [2.24, 2.45) is 0 Å². The molecule has 0 radical (unpaired) electrons. The van der Waals surface area contributed by atoms with Gasteiger partial charge >= 0.3 is 14.4 Å². The van der Waals surface area contributed by atoms with Gasteiger partial charge in [0.1, 0.15) is 0 Å². The normalized spacial score (nSPS) is 9.17. The number of hydrogen-bond donors (Lipinski definition) is 1. The third-order valence-corrected chi connectivity index (χ3v) is 2.30. The first-order valence-corrected chi connectivity index (χ1v) is 6.94. The lowest BCUT2D eigenvalue weighted by Gasteiger charge is -2.04. The van der Waals surface area contributed by atoms with E-state index in [0.29, 0.717) is 0 Å². The second-order valence-electron chi connectivity index (χ2n) is 2.99. The molecule has 2 nitrogen and oxygen atoms in total. The van der Waals surface area contributed by atoms with E-state index in [0.717, 1.165) is 5.56 Å². The highest BCUT2D eigenvalue weighted by Gasteiger charge is 2.09. The third-order valence-electron chi connectivity index (χ3n) is 1.46. The Morgan fingerprint density at radius 3 is 2.33 bits per heavy atom. The maximum Gasteiger partial charge on any atom is 0.407 e. The molecule has 0 aliphatic heterocycles. The summed E-state index contributed by atoms with van der Waals surface area (Å²) in [4.78, 5) is 11.4. The van der Waals surface area contributed by atoms with Gasteiger partial charge in [-0.3, -0.25) is 4.79 Å². The Morgan fingerprint density at radius 1 is 1.25 bits per heavy atom. The summed E-state index contributed by atoms with van der Waals surface area (Å²) in [5.41, 5.74) is 0.749. The molecule has 0 bridgehead atoms. The second kappa shape index (κ2) is 4.30. The zero-order valence-corrected chi connectivity index (χ0v) is 8.53. The van der Waals surface area contributed by atoms with Crippen molar-refractivity contribution in [3.05, 3.63) is 35.9 Å². The molecule has 1 aromatic rings. The van der Waals surface area contributed by atoms with Crippen molar-refractivity contribution < 1.29 is 4.79 Å². The zero-order valence-electron chi connectivity index (χ0n) is 7.37. The molecule has 0 saturated carbocycles. The third kappa shape index (κ3) is 2.69. The monoisotopic (exact) mass is 177 g/mol. The molecule has 0 atom stereocenters. The molecule has 0 aromatic heterocycles. The summed E-state index contributed by atoms with van der Waals surface area (Å²) in [6.07, 6.45) is 0. The number of benzene rings is 1. The van der Waals surface area contributed by atoms with Crippen LogP contribution in [0.4, 0.5) is 0 Å². The van der Waals surface area contributed by atoms with Crippen molar-refractivity contribution in [3.8, 4) is 0 Å². The first-order chi connectivity index (χ1) is 5.70. The number of hydrogen-bond acceptors (Lipinski definition) is 1. The molecule has 3 heteroatoms. The van der Waals surface area contributed by atoms with Crippen LogP contribution in [0, 0.1) is 0 Å². The predicted molar refractivity (Wildman–Crippen MR) is 51.4 cm³/mol. The highest BCUT2D eigenvalue weighted by Crippen LogP contribution is 1.97. The number of nitrogens with one attached hydrogen (secondary N) is 1. The molecule has 0 spiro atoms. The van der Waals surface area contributed by atoms with Crippen LogP contribution in [0.1, 0.15) is 10.4 Å². The lowest BCUT2D eigenvalue weighted by molar-refractivity contribution is 0.0979. The van der Waals surface area contributed by atoms with Crippen LogP contribution in [0.25, 0.3) is 0 Å². The SMILES string of the molecule is [CH3][Al]([CH3])[NH]C(=O)c1ccccc1. The van der Waals surface area contributed by atoms with Gasteiger partial charge < -0.3 is 4.30 Å². The van der Waals surface area contributed by atoms with Crippen molar-refractivity contribution in [3.63, 3.8) is 0 Å². The maximum absolute atomic E-state index is 11.4. The van der Waals surface area contributed by atoms with Gasteiger partial charge in [0.05, 0.1) is 0 Å². The number of carbonyl (C=O) groups is 1. The van der Waals surface area contributed by atoms with E-state index in [-0.39, 0.29) is 5.91 Å². The zero-order chi connectivity index (χ0) is 8.97. The minimum atomic E-state index is -0.998. The van der Waals surface area contributed by atoms with E-state index < -0.39 is 14.4 Å². The van der Waals surface area contributed by atoms with Gasteiger partial charge in [-0.2, -0.15) is 0 Å². The van der Waals surface area contributed by atoms with Gasteiger partial charge in [-0.1, -0.05) is 29.8 Å². The number of amides is 1. The number of rotatable bonds is 2. The van der Waals surface area contributed by atoms with E-state index in [1.807, 2.05) is 30.3 Å². The fourth-order valence-corrected chi connectivity index (χ4v) is 1.63. The smallest absolute Gasteiger partial charge is 0.407 e. The first-order valence-electron chi connectivity index (χ1n) is 4.06.